The molecule has 3 aromatic rings. The predicted octanol–water partition coefficient (Wildman–Crippen LogP) is 3.31. The number of rotatable bonds is 4. The molecule has 1 aliphatic rings. The molecule has 1 saturated heterocycles. The number of sulfonamides is 1. The van der Waals surface area contributed by atoms with Gasteiger partial charge in [0.15, 0.2) is 0 Å². The van der Waals surface area contributed by atoms with E-state index in [1.54, 1.807) is 32.0 Å². The molecule has 1 aromatic heterocycles. The summed E-state index contributed by atoms with van der Waals surface area (Å²) in [5.74, 6) is -0.360. The molecule has 0 bridgehead atoms. The zero-order chi connectivity index (χ0) is 21.6. The van der Waals surface area contributed by atoms with Crippen molar-refractivity contribution in [2.24, 2.45) is 0 Å². The minimum Gasteiger partial charge on any atom is -0.325 e. The summed E-state index contributed by atoms with van der Waals surface area (Å²) in [4.78, 5) is 27.3. The maximum absolute atomic E-state index is 13.4. The van der Waals surface area contributed by atoms with E-state index in [-0.39, 0.29) is 15.7 Å². The molecule has 1 aliphatic heterocycles. The van der Waals surface area contributed by atoms with Gasteiger partial charge in [0.25, 0.3) is 0 Å². The lowest BCUT2D eigenvalue weighted by Crippen LogP contribution is -2.43. The van der Waals surface area contributed by atoms with Crippen LogP contribution in [0, 0.1) is 20.8 Å². The van der Waals surface area contributed by atoms with E-state index < -0.39 is 16.1 Å². The number of thiazole rings is 1. The number of anilines is 1. The number of nitrogens with one attached hydrogen (secondary N) is 2. The van der Waals surface area contributed by atoms with Crippen molar-refractivity contribution in [1.29, 1.82) is 0 Å². The fourth-order valence-electron chi connectivity index (χ4n) is 4.23. The summed E-state index contributed by atoms with van der Waals surface area (Å²) in [6.45, 7) is 5.82. The maximum Gasteiger partial charge on any atom is 0.305 e. The van der Waals surface area contributed by atoms with Crippen LogP contribution in [0.1, 0.15) is 29.5 Å². The molecule has 1 fully saturated rings. The minimum atomic E-state index is -3.81. The Hall–Kier alpha value is -2.49. The number of hydrogen-bond donors (Lipinski definition) is 2. The van der Waals surface area contributed by atoms with Gasteiger partial charge in [-0.05, 0) is 62.9 Å². The van der Waals surface area contributed by atoms with E-state index in [2.05, 4.69) is 10.3 Å². The monoisotopic (exact) mass is 445 g/mol. The van der Waals surface area contributed by atoms with Crippen molar-refractivity contribution < 1.29 is 13.2 Å². The summed E-state index contributed by atoms with van der Waals surface area (Å²) in [6, 6.07) is 8.08. The zero-order valence-electron chi connectivity index (χ0n) is 17.0. The van der Waals surface area contributed by atoms with Gasteiger partial charge in [0.1, 0.15) is 6.04 Å². The average Bonchev–Trinajstić information content (AvgIpc) is 3.26. The van der Waals surface area contributed by atoms with Crippen molar-refractivity contribution in [2.45, 2.75) is 44.6 Å². The molecule has 7 nitrogen and oxygen atoms in total. The SMILES string of the molecule is Cc1cc(C)c(S(=O)(=O)N2CCC[C@H]2C(=O)Nc2ccc3[nH]c(=O)sc3c2)c(C)c1. The Bertz CT molecular complexity index is 1280. The summed E-state index contributed by atoms with van der Waals surface area (Å²) in [5.41, 5.74) is 3.62. The summed E-state index contributed by atoms with van der Waals surface area (Å²) in [5, 5.41) is 2.82. The lowest BCUT2D eigenvalue weighted by Gasteiger charge is -2.25. The standard InChI is InChI=1S/C21H23N3O4S2/c1-12-9-13(2)19(14(3)10-12)30(27,28)24-8-4-5-17(24)20(25)22-15-6-7-16-18(11-15)29-21(26)23-16/h6-7,9-11,17H,4-5,8H2,1-3H3,(H,22,25)(H,23,26)/t17-/m0/s1. The number of aromatic nitrogens is 1. The Labute approximate surface area is 178 Å². The molecular weight excluding hydrogens is 422 g/mol. The van der Waals surface area contributed by atoms with E-state index in [1.165, 1.54) is 4.31 Å². The molecule has 2 aromatic carbocycles. The van der Waals surface area contributed by atoms with E-state index in [0.29, 0.717) is 41.7 Å². The summed E-state index contributed by atoms with van der Waals surface area (Å²) < 4.78 is 28.9. The van der Waals surface area contributed by atoms with Gasteiger partial charge in [-0.2, -0.15) is 4.31 Å². The van der Waals surface area contributed by atoms with E-state index in [0.717, 1.165) is 21.6 Å². The van der Waals surface area contributed by atoms with Crippen molar-refractivity contribution >= 4 is 43.2 Å². The van der Waals surface area contributed by atoms with Crippen molar-refractivity contribution in [3.05, 3.63) is 56.7 Å². The third-order valence-corrected chi connectivity index (χ3v) is 8.43. The highest BCUT2D eigenvalue weighted by Crippen LogP contribution is 2.31. The van der Waals surface area contributed by atoms with Crippen LogP contribution >= 0.6 is 11.3 Å². The van der Waals surface area contributed by atoms with E-state index >= 15 is 0 Å². The zero-order valence-corrected chi connectivity index (χ0v) is 18.6. The van der Waals surface area contributed by atoms with Crippen molar-refractivity contribution in [3.8, 4) is 0 Å². The second-order valence-corrected chi connectivity index (χ2v) is 10.6. The largest absolute Gasteiger partial charge is 0.325 e. The number of aromatic amines is 1. The van der Waals surface area contributed by atoms with Gasteiger partial charge < -0.3 is 10.3 Å². The number of H-pyrrole nitrogens is 1. The van der Waals surface area contributed by atoms with Crippen LogP contribution in [-0.2, 0) is 14.8 Å². The number of fused-ring (bicyclic) bond motifs is 1. The third kappa shape index (κ3) is 3.68. The van der Waals surface area contributed by atoms with Crippen molar-refractivity contribution in [2.75, 3.05) is 11.9 Å². The predicted molar refractivity (Wildman–Crippen MR) is 119 cm³/mol. The second-order valence-electron chi connectivity index (χ2n) is 7.72. The lowest BCUT2D eigenvalue weighted by molar-refractivity contribution is -0.119. The Morgan fingerprint density at radius 3 is 2.57 bits per heavy atom. The van der Waals surface area contributed by atoms with Crippen LogP contribution in [0.25, 0.3) is 10.2 Å². The van der Waals surface area contributed by atoms with Crippen molar-refractivity contribution in [3.63, 3.8) is 0 Å². The van der Waals surface area contributed by atoms with Crippen LogP contribution in [0.4, 0.5) is 5.69 Å². The third-order valence-electron chi connectivity index (χ3n) is 5.37. The molecule has 1 atom stereocenters. The molecule has 158 valence electrons. The highest BCUT2D eigenvalue weighted by molar-refractivity contribution is 7.89. The Balaban J connectivity index is 1.62. The molecule has 0 saturated carbocycles. The van der Waals surface area contributed by atoms with Gasteiger partial charge in [0.05, 0.1) is 15.1 Å². The fourth-order valence-corrected chi connectivity index (χ4v) is 7.08. The Morgan fingerprint density at radius 1 is 1.17 bits per heavy atom. The van der Waals surface area contributed by atoms with E-state index in [4.69, 9.17) is 0 Å². The number of carbonyl (C=O) groups is 1. The normalized spacial score (nSPS) is 17.5. The molecule has 0 unspecified atom stereocenters. The van der Waals surface area contributed by atoms with Gasteiger partial charge in [-0.3, -0.25) is 9.59 Å². The first-order chi connectivity index (χ1) is 14.2. The maximum atomic E-state index is 13.4. The lowest BCUT2D eigenvalue weighted by atomic mass is 10.1. The summed E-state index contributed by atoms with van der Waals surface area (Å²) in [7, 11) is -3.81. The van der Waals surface area contributed by atoms with E-state index in [9.17, 15) is 18.0 Å². The van der Waals surface area contributed by atoms with Crippen LogP contribution < -0.4 is 10.2 Å². The van der Waals surface area contributed by atoms with Crippen LogP contribution in [0.15, 0.2) is 40.0 Å². The highest BCUT2D eigenvalue weighted by atomic mass is 32.2. The summed E-state index contributed by atoms with van der Waals surface area (Å²) in [6.07, 6.45) is 1.09. The molecule has 0 radical (unpaired) electrons. The van der Waals surface area contributed by atoms with Gasteiger partial charge in [-0.15, -0.1) is 0 Å². The van der Waals surface area contributed by atoms with Gasteiger partial charge >= 0.3 is 4.87 Å². The quantitative estimate of drug-likeness (QED) is 0.644. The van der Waals surface area contributed by atoms with Crippen LogP contribution in [0.3, 0.4) is 0 Å². The second kappa shape index (κ2) is 7.64. The molecule has 0 aliphatic carbocycles. The van der Waals surface area contributed by atoms with Gasteiger partial charge in [0, 0.05) is 12.2 Å². The molecule has 2 heterocycles. The smallest absolute Gasteiger partial charge is 0.305 e. The van der Waals surface area contributed by atoms with E-state index in [1.807, 2.05) is 19.1 Å². The molecule has 9 heteroatoms. The Morgan fingerprint density at radius 2 is 1.87 bits per heavy atom. The minimum absolute atomic E-state index is 0.162. The molecule has 4 rings (SSSR count). The molecule has 1 amide bonds. The first-order valence-corrected chi connectivity index (χ1v) is 12.0. The van der Waals surface area contributed by atoms with Gasteiger partial charge in [-0.1, -0.05) is 29.0 Å². The number of carbonyl (C=O) groups excluding carboxylic acids is 1. The first kappa shape index (κ1) is 20.8. The number of hydrogen-bond acceptors (Lipinski definition) is 5. The van der Waals surface area contributed by atoms with Crippen LogP contribution in [0.2, 0.25) is 0 Å². The van der Waals surface area contributed by atoms with Gasteiger partial charge in [-0.25, -0.2) is 8.42 Å². The first-order valence-electron chi connectivity index (χ1n) is 9.70. The Kier molecular flexibility index (Phi) is 5.29. The van der Waals surface area contributed by atoms with Gasteiger partial charge in [0.2, 0.25) is 15.9 Å². The number of benzene rings is 2. The highest BCUT2D eigenvalue weighted by Gasteiger charge is 2.40. The average molecular weight is 446 g/mol. The molecular formula is C21H23N3O4S2. The van der Waals surface area contributed by atoms with Crippen LogP contribution in [-0.4, -0.2) is 36.2 Å². The summed E-state index contributed by atoms with van der Waals surface area (Å²) >= 11 is 1.06. The number of amides is 1. The topological polar surface area (TPSA) is 99.3 Å². The number of aryl methyl sites for hydroxylation is 3. The molecule has 0 spiro atoms. The van der Waals surface area contributed by atoms with Crippen LogP contribution in [0.5, 0.6) is 0 Å². The molecule has 30 heavy (non-hydrogen) atoms. The fraction of sp³-hybridized carbons (Fsp3) is 0.333. The van der Waals surface area contributed by atoms with Crippen molar-refractivity contribution in [1.82, 2.24) is 9.29 Å². The number of nitrogens with zero attached hydrogens (tertiary/aromatic N) is 1. The molecule has 2 N–H and O–H groups in total.